The van der Waals surface area contributed by atoms with E-state index in [1.54, 1.807) is 6.07 Å². The molecule has 5 heteroatoms. The van der Waals surface area contributed by atoms with Gasteiger partial charge in [-0.05, 0) is 13.0 Å². The Morgan fingerprint density at radius 3 is 2.58 bits per heavy atom. The standard InChI is InChI=1S/C7H11N3OS/c1-4-3-5(8)6(12-4)7(11)10(2)9/h3H,8-9H2,1-2H3. The highest BCUT2D eigenvalue weighted by Gasteiger charge is 2.14. The van der Waals surface area contributed by atoms with E-state index >= 15 is 0 Å². The van der Waals surface area contributed by atoms with Gasteiger partial charge in [0.15, 0.2) is 0 Å². The molecule has 0 unspecified atom stereocenters. The number of aryl methyl sites for hydroxylation is 1. The first kappa shape index (κ1) is 9.02. The minimum atomic E-state index is -0.245. The maximum absolute atomic E-state index is 11.3. The molecule has 1 aromatic rings. The molecule has 0 saturated heterocycles. The summed E-state index contributed by atoms with van der Waals surface area (Å²) in [5, 5.41) is 1.03. The van der Waals surface area contributed by atoms with Crippen LogP contribution >= 0.6 is 11.3 Å². The second-order valence-electron chi connectivity index (χ2n) is 2.56. The van der Waals surface area contributed by atoms with Gasteiger partial charge in [-0.25, -0.2) is 5.84 Å². The van der Waals surface area contributed by atoms with Crippen molar-refractivity contribution in [2.45, 2.75) is 6.92 Å². The molecule has 0 aliphatic carbocycles. The fourth-order valence-corrected chi connectivity index (χ4v) is 1.78. The van der Waals surface area contributed by atoms with Gasteiger partial charge in [0.1, 0.15) is 4.88 Å². The molecule has 12 heavy (non-hydrogen) atoms. The molecule has 0 radical (unpaired) electrons. The number of nitrogen functional groups attached to an aromatic ring is 1. The van der Waals surface area contributed by atoms with E-state index in [-0.39, 0.29) is 5.91 Å². The SMILES string of the molecule is Cc1cc(N)c(C(=O)N(C)N)s1. The molecule has 0 aliphatic heterocycles. The average molecular weight is 185 g/mol. The quantitative estimate of drug-likeness (QED) is 0.382. The van der Waals surface area contributed by atoms with Crippen molar-refractivity contribution in [1.29, 1.82) is 0 Å². The van der Waals surface area contributed by atoms with Crippen LogP contribution in [0.2, 0.25) is 0 Å². The summed E-state index contributed by atoms with van der Waals surface area (Å²) in [4.78, 5) is 12.8. The van der Waals surface area contributed by atoms with Crippen LogP contribution in [0.4, 0.5) is 5.69 Å². The van der Waals surface area contributed by atoms with Crippen molar-refractivity contribution in [3.63, 3.8) is 0 Å². The molecule has 0 fully saturated rings. The topological polar surface area (TPSA) is 72.4 Å². The summed E-state index contributed by atoms with van der Waals surface area (Å²) in [5.74, 6) is 5.04. The molecule has 4 N–H and O–H groups in total. The van der Waals surface area contributed by atoms with E-state index in [2.05, 4.69) is 0 Å². The first-order chi connectivity index (χ1) is 5.52. The minimum Gasteiger partial charge on any atom is -0.397 e. The molecular formula is C7H11N3OS. The zero-order valence-electron chi connectivity index (χ0n) is 7.00. The molecular weight excluding hydrogens is 174 g/mol. The van der Waals surface area contributed by atoms with Gasteiger partial charge in [0.05, 0.1) is 5.69 Å². The van der Waals surface area contributed by atoms with Crippen molar-refractivity contribution in [2.75, 3.05) is 12.8 Å². The van der Waals surface area contributed by atoms with E-state index in [4.69, 9.17) is 11.6 Å². The summed E-state index contributed by atoms with van der Waals surface area (Å²) in [6.45, 7) is 1.90. The van der Waals surface area contributed by atoms with Crippen LogP contribution < -0.4 is 11.6 Å². The minimum absolute atomic E-state index is 0.245. The maximum atomic E-state index is 11.3. The molecule has 0 bridgehead atoms. The number of carbonyl (C=O) groups is 1. The van der Waals surface area contributed by atoms with Crippen LogP contribution in [0, 0.1) is 6.92 Å². The maximum Gasteiger partial charge on any atom is 0.279 e. The van der Waals surface area contributed by atoms with E-state index in [0.29, 0.717) is 10.6 Å². The third kappa shape index (κ3) is 1.57. The van der Waals surface area contributed by atoms with Crippen molar-refractivity contribution in [3.8, 4) is 0 Å². The second kappa shape index (κ2) is 3.12. The number of hydrogen-bond donors (Lipinski definition) is 2. The predicted octanol–water partition coefficient (Wildman–Crippen LogP) is 0.584. The Bertz CT molecular complexity index is 306. The molecule has 0 aliphatic rings. The highest BCUT2D eigenvalue weighted by Crippen LogP contribution is 2.24. The van der Waals surface area contributed by atoms with Gasteiger partial charge >= 0.3 is 0 Å². The van der Waals surface area contributed by atoms with Gasteiger partial charge in [0.2, 0.25) is 0 Å². The Labute approximate surface area is 74.7 Å². The number of rotatable bonds is 1. The van der Waals surface area contributed by atoms with Gasteiger partial charge in [-0.15, -0.1) is 11.3 Å². The van der Waals surface area contributed by atoms with E-state index < -0.39 is 0 Å². The lowest BCUT2D eigenvalue weighted by Gasteiger charge is -2.07. The van der Waals surface area contributed by atoms with E-state index in [1.165, 1.54) is 18.4 Å². The Kier molecular flexibility index (Phi) is 2.35. The Morgan fingerprint density at radius 1 is 1.67 bits per heavy atom. The molecule has 1 amide bonds. The largest absolute Gasteiger partial charge is 0.397 e. The fraction of sp³-hybridized carbons (Fsp3) is 0.286. The first-order valence-electron chi connectivity index (χ1n) is 3.41. The van der Waals surface area contributed by atoms with Crippen molar-refractivity contribution in [3.05, 3.63) is 15.8 Å². The normalized spacial score (nSPS) is 9.92. The number of thiophene rings is 1. The van der Waals surface area contributed by atoms with E-state index in [1.807, 2.05) is 6.92 Å². The van der Waals surface area contributed by atoms with Crippen LogP contribution in [0.25, 0.3) is 0 Å². The number of hydrogen-bond acceptors (Lipinski definition) is 4. The number of anilines is 1. The third-order valence-corrected chi connectivity index (χ3v) is 2.45. The van der Waals surface area contributed by atoms with Crippen LogP contribution in [-0.2, 0) is 0 Å². The van der Waals surface area contributed by atoms with Crippen LogP contribution in [0.3, 0.4) is 0 Å². The highest BCUT2D eigenvalue weighted by molar-refractivity contribution is 7.14. The lowest BCUT2D eigenvalue weighted by Crippen LogP contribution is -2.32. The summed E-state index contributed by atoms with van der Waals surface area (Å²) >= 11 is 1.35. The van der Waals surface area contributed by atoms with Crippen LogP contribution in [0.15, 0.2) is 6.07 Å². The Hall–Kier alpha value is -1.07. The zero-order valence-corrected chi connectivity index (χ0v) is 7.81. The van der Waals surface area contributed by atoms with Crippen molar-refractivity contribution < 1.29 is 4.79 Å². The predicted molar refractivity (Wildman–Crippen MR) is 49.7 cm³/mol. The van der Waals surface area contributed by atoms with Gasteiger partial charge in [-0.2, -0.15) is 0 Å². The van der Waals surface area contributed by atoms with Gasteiger partial charge in [-0.3, -0.25) is 9.80 Å². The smallest absolute Gasteiger partial charge is 0.279 e. The molecule has 1 aromatic heterocycles. The average Bonchev–Trinajstić information content (AvgIpc) is 2.28. The van der Waals surface area contributed by atoms with Gasteiger partial charge in [-0.1, -0.05) is 0 Å². The number of nitrogens with zero attached hydrogens (tertiary/aromatic N) is 1. The number of nitrogens with two attached hydrogens (primary N) is 2. The zero-order chi connectivity index (χ0) is 9.30. The van der Waals surface area contributed by atoms with Crippen LogP contribution in [0.1, 0.15) is 14.5 Å². The summed E-state index contributed by atoms with van der Waals surface area (Å²) in [5.41, 5.74) is 6.09. The molecule has 66 valence electrons. The van der Waals surface area contributed by atoms with E-state index in [0.717, 1.165) is 9.89 Å². The number of carbonyl (C=O) groups excluding carboxylic acids is 1. The second-order valence-corrected chi connectivity index (χ2v) is 3.81. The summed E-state index contributed by atoms with van der Waals surface area (Å²) < 4.78 is 0. The fourth-order valence-electron chi connectivity index (χ4n) is 0.861. The molecule has 0 atom stereocenters. The van der Waals surface area contributed by atoms with Crippen LogP contribution in [0.5, 0.6) is 0 Å². The number of hydrazine groups is 1. The molecule has 1 rings (SSSR count). The Morgan fingerprint density at radius 2 is 2.25 bits per heavy atom. The number of amides is 1. The van der Waals surface area contributed by atoms with Crippen molar-refractivity contribution in [2.24, 2.45) is 5.84 Å². The van der Waals surface area contributed by atoms with Gasteiger partial charge in [0, 0.05) is 11.9 Å². The lowest BCUT2D eigenvalue weighted by molar-refractivity contribution is 0.0801. The summed E-state index contributed by atoms with van der Waals surface area (Å²) in [6.07, 6.45) is 0. The molecule has 4 nitrogen and oxygen atoms in total. The van der Waals surface area contributed by atoms with Crippen molar-refractivity contribution >= 4 is 22.9 Å². The van der Waals surface area contributed by atoms with Gasteiger partial charge < -0.3 is 5.73 Å². The molecule has 0 saturated carbocycles. The summed E-state index contributed by atoms with van der Waals surface area (Å²) in [6, 6.07) is 1.77. The lowest BCUT2D eigenvalue weighted by atomic mass is 10.3. The Balaban J connectivity index is 3.02. The third-order valence-electron chi connectivity index (χ3n) is 1.40. The molecule has 0 aromatic carbocycles. The molecule has 1 heterocycles. The van der Waals surface area contributed by atoms with Crippen molar-refractivity contribution in [1.82, 2.24) is 5.01 Å². The highest BCUT2D eigenvalue weighted by atomic mass is 32.1. The van der Waals surface area contributed by atoms with E-state index in [9.17, 15) is 4.79 Å². The van der Waals surface area contributed by atoms with Gasteiger partial charge in [0.25, 0.3) is 5.91 Å². The summed E-state index contributed by atoms with van der Waals surface area (Å²) in [7, 11) is 1.50. The first-order valence-corrected chi connectivity index (χ1v) is 4.22. The van der Waals surface area contributed by atoms with Crippen LogP contribution in [-0.4, -0.2) is 18.0 Å². The monoisotopic (exact) mass is 185 g/mol. The molecule has 0 spiro atoms.